The van der Waals surface area contributed by atoms with Crippen molar-refractivity contribution in [2.75, 3.05) is 0 Å². The standard InChI is InChI=1S/C8H7Cl2NS/c1-2-5-3-4-6(9)7(11-5)8(10)12/h3-4H,2H2,1H3. The second kappa shape index (κ2) is 4.17. The molecule has 0 N–H and O–H groups in total. The van der Waals surface area contributed by atoms with Crippen LogP contribution in [0.4, 0.5) is 0 Å². The quantitative estimate of drug-likeness (QED) is 0.560. The zero-order valence-corrected chi connectivity index (χ0v) is 8.80. The van der Waals surface area contributed by atoms with Gasteiger partial charge in [0.15, 0.2) is 0 Å². The molecule has 1 nitrogen and oxygen atoms in total. The minimum absolute atomic E-state index is 0.218. The maximum atomic E-state index is 5.81. The molecule has 0 spiro atoms. The average Bonchev–Trinajstić information content (AvgIpc) is 2.05. The molecule has 64 valence electrons. The predicted molar refractivity (Wildman–Crippen MR) is 56.2 cm³/mol. The number of thiocarbonyl (C=S) groups is 1. The van der Waals surface area contributed by atoms with Gasteiger partial charge < -0.3 is 0 Å². The Morgan fingerprint density at radius 1 is 1.58 bits per heavy atom. The molecular weight excluding hydrogens is 213 g/mol. The van der Waals surface area contributed by atoms with Crippen molar-refractivity contribution < 1.29 is 0 Å². The SMILES string of the molecule is CCc1ccc(Cl)c(C(=S)Cl)n1. The van der Waals surface area contributed by atoms with Gasteiger partial charge in [0.05, 0.1) is 5.02 Å². The smallest absolute Gasteiger partial charge is 0.131 e. The van der Waals surface area contributed by atoms with Gasteiger partial charge in [-0.25, -0.2) is 4.98 Å². The van der Waals surface area contributed by atoms with Crippen molar-refractivity contribution in [3.8, 4) is 0 Å². The van der Waals surface area contributed by atoms with Crippen molar-refractivity contribution >= 4 is 39.7 Å². The first kappa shape index (κ1) is 9.90. The zero-order valence-electron chi connectivity index (χ0n) is 6.47. The highest BCUT2D eigenvalue weighted by molar-refractivity contribution is 7.83. The highest BCUT2D eigenvalue weighted by Crippen LogP contribution is 2.16. The van der Waals surface area contributed by atoms with Crippen LogP contribution in [0.3, 0.4) is 0 Å². The van der Waals surface area contributed by atoms with Gasteiger partial charge in [0.2, 0.25) is 0 Å². The minimum atomic E-state index is 0.218. The van der Waals surface area contributed by atoms with Crippen molar-refractivity contribution in [2.24, 2.45) is 0 Å². The Kier molecular flexibility index (Phi) is 3.44. The molecule has 0 aliphatic rings. The molecule has 0 unspecified atom stereocenters. The molecule has 0 fully saturated rings. The molecule has 0 amide bonds. The number of nitrogens with zero attached hydrogens (tertiary/aromatic N) is 1. The fraction of sp³-hybridized carbons (Fsp3) is 0.250. The molecule has 1 heterocycles. The maximum absolute atomic E-state index is 5.81. The van der Waals surface area contributed by atoms with Crippen LogP contribution in [0.5, 0.6) is 0 Å². The normalized spacial score (nSPS) is 9.92. The van der Waals surface area contributed by atoms with E-state index in [4.69, 9.17) is 35.4 Å². The molecule has 12 heavy (non-hydrogen) atoms. The van der Waals surface area contributed by atoms with Crippen LogP contribution in [0.25, 0.3) is 0 Å². The Bertz CT molecular complexity index is 312. The summed E-state index contributed by atoms with van der Waals surface area (Å²) in [7, 11) is 0. The Balaban J connectivity index is 3.17. The summed E-state index contributed by atoms with van der Waals surface area (Å²) in [6.45, 7) is 2.01. The summed E-state index contributed by atoms with van der Waals surface area (Å²) in [4.78, 5) is 4.19. The molecular formula is C8H7Cl2NS. The monoisotopic (exact) mass is 219 g/mol. The molecule has 0 radical (unpaired) electrons. The first-order valence-electron chi connectivity index (χ1n) is 3.50. The summed E-state index contributed by atoms with van der Waals surface area (Å²) in [5.74, 6) is 0. The molecule has 1 aromatic heterocycles. The second-order valence-corrected chi connectivity index (χ2v) is 3.68. The molecule has 0 aliphatic carbocycles. The average molecular weight is 220 g/mol. The molecule has 0 bridgehead atoms. The summed E-state index contributed by atoms with van der Waals surface area (Å²) in [6, 6.07) is 3.62. The van der Waals surface area contributed by atoms with Gasteiger partial charge in [-0.05, 0) is 18.6 Å². The van der Waals surface area contributed by atoms with E-state index in [0.717, 1.165) is 12.1 Å². The number of hydrogen-bond donors (Lipinski definition) is 0. The van der Waals surface area contributed by atoms with E-state index in [9.17, 15) is 0 Å². The van der Waals surface area contributed by atoms with E-state index in [1.54, 1.807) is 6.07 Å². The van der Waals surface area contributed by atoms with Crippen LogP contribution < -0.4 is 0 Å². The molecule has 1 aromatic rings. The Morgan fingerprint density at radius 3 is 2.75 bits per heavy atom. The van der Waals surface area contributed by atoms with Gasteiger partial charge >= 0.3 is 0 Å². The molecule has 0 aromatic carbocycles. The van der Waals surface area contributed by atoms with E-state index < -0.39 is 0 Å². The molecule has 0 aliphatic heterocycles. The van der Waals surface area contributed by atoms with Crippen molar-refractivity contribution in [1.82, 2.24) is 4.98 Å². The first-order chi connectivity index (χ1) is 5.65. The fourth-order valence-electron chi connectivity index (χ4n) is 0.817. The highest BCUT2D eigenvalue weighted by Gasteiger charge is 2.05. The first-order valence-corrected chi connectivity index (χ1v) is 4.66. The van der Waals surface area contributed by atoms with Gasteiger partial charge in [-0.15, -0.1) is 0 Å². The Morgan fingerprint density at radius 2 is 2.25 bits per heavy atom. The molecule has 4 heteroatoms. The van der Waals surface area contributed by atoms with Gasteiger partial charge in [-0.3, -0.25) is 0 Å². The van der Waals surface area contributed by atoms with Gasteiger partial charge in [0.25, 0.3) is 0 Å². The lowest BCUT2D eigenvalue weighted by molar-refractivity contribution is 1.03. The van der Waals surface area contributed by atoms with E-state index in [1.165, 1.54) is 0 Å². The molecule has 0 atom stereocenters. The number of halogens is 2. The fourth-order valence-corrected chi connectivity index (χ4v) is 1.42. The summed E-state index contributed by atoms with van der Waals surface area (Å²) < 4.78 is 0.218. The van der Waals surface area contributed by atoms with Gasteiger partial charge in [0.1, 0.15) is 10.0 Å². The Hall–Kier alpha value is -0.180. The third-order valence-corrected chi connectivity index (χ3v) is 2.13. The van der Waals surface area contributed by atoms with E-state index in [1.807, 2.05) is 13.0 Å². The third-order valence-electron chi connectivity index (χ3n) is 1.45. The number of aryl methyl sites for hydroxylation is 1. The lowest BCUT2D eigenvalue weighted by Crippen LogP contribution is -1.97. The van der Waals surface area contributed by atoms with Crippen LogP contribution in [0.1, 0.15) is 18.3 Å². The van der Waals surface area contributed by atoms with Crippen molar-refractivity contribution in [1.29, 1.82) is 0 Å². The summed E-state index contributed by atoms with van der Waals surface area (Å²) in [5, 5.41) is 0.507. The van der Waals surface area contributed by atoms with Crippen LogP contribution >= 0.6 is 35.4 Å². The topological polar surface area (TPSA) is 12.9 Å². The number of hydrogen-bond acceptors (Lipinski definition) is 2. The van der Waals surface area contributed by atoms with Crippen LogP contribution in [-0.4, -0.2) is 9.31 Å². The maximum Gasteiger partial charge on any atom is 0.131 e. The van der Waals surface area contributed by atoms with Gasteiger partial charge in [-0.2, -0.15) is 0 Å². The van der Waals surface area contributed by atoms with Crippen LogP contribution in [0, 0.1) is 0 Å². The molecule has 1 rings (SSSR count). The number of rotatable bonds is 2. The van der Waals surface area contributed by atoms with E-state index >= 15 is 0 Å². The second-order valence-electron chi connectivity index (χ2n) is 2.26. The van der Waals surface area contributed by atoms with E-state index in [2.05, 4.69) is 4.98 Å². The highest BCUT2D eigenvalue weighted by atomic mass is 35.5. The third kappa shape index (κ3) is 2.16. The molecule has 0 saturated carbocycles. The van der Waals surface area contributed by atoms with Crippen LogP contribution in [0.2, 0.25) is 5.02 Å². The lowest BCUT2D eigenvalue weighted by Gasteiger charge is -2.01. The van der Waals surface area contributed by atoms with E-state index in [-0.39, 0.29) is 4.32 Å². The summed E-state index contributed by atoms with van der Waals surface area (Å²) in [6.07, 6.45) is 0.851. The zero-order chi connectivity index (χ0) is 9.14. The number of pyridine rings is 1. The minimum Gasteiger partial charge on any atom is -0.249 e. The molecule has 0 saturated heterocycles. The predicted octanol–water partition coefficient (Wildman–Crippen LogP) is 3.21. The van der Waals surface area contributed by atoms with Crippen molar-refractivity contribution in [2.45, 2.75) is 13.3 Å². The largest absolute Gasteiger partial charge is 0.249 e. The van der Waals surface area contributed by atoms with Crippen molar-refractivity contribution in [3.63, 3.8) is 0 Å². The Labute approximate surface area is 86.7 Å². The lowest BCUT2D eigenvalue weighted by atomic mass is 10.2. The number of aromatic nitrogens is 1. The summed E-state index contributed by atoms with van der Waals surface area (Å²) >= 11 is 16.2. The van der Waals surface area contributed by atoms with Crippen LogP contribution in [-0.2, 0) is 6.42 Å². The van der Waals surface area contributed by atoms with E-state index in [0.29, 0.717) is 10.7 Å². The van der Waals surface area contributed by atoms with Crippen LogP contribution in [0.15, 0.2) is 12.1 Å². The summed E-state index contributed by atoms with van der Waals surface area (Å²) in [5.41, 5.74) is 1.45. The van der Waals surface area contributed by atoms with Crippen molar-refractivity contribution in [3.05, 3.63) is 28.5 Å². The van der Waals surface area contributed by atoms with Gasteiger partial charge in [-0.1, -0.05) is 42.3 Å². The van der Waals surface area contributed by atoms with Gasteiger partial charge in [0, 0.05) is 5.69 Å².